The fourth-order valence-corrected chi connectivity index (χ4v) is 2.25. The van der Waals surface area contributed by atoms with Crippen molar-refractivity contribution in [3.63, 3.8) is 0 Å². The first-order valence-electron chi connectivity index (χ1n) is 7.93. The summed E-state index contributed by atoms with van der Waals surface area (Å²) in [6.45, 7) is 5.12. The van der Waals surface area contributed by atoms with Crippen LogP contribution in [0.1, 0.15) is 36.1 Å². The molecule has 1 aromatic carbocycles. The molecular formula is C18H23NO5. The van der Waals surface area contributed by atoms with E-state index in [0.717, 1.165) is 0 Å². The molecule has 1 amide bonds. The van der Waals surface area contributed by atoms with Gasteiger partial charge in [0.1, 0.15) is 11.9 Å². The number of furan rings is 1. The monoisotopic (exact) mass is 333 g/mol. The van der Waals surface area contributed by atoms with Crippen molar-refractivity contribution in [2.75, 3.05) is 26.9 Å². The molecule has 0 aliphatic heterocycles. The maximum absolute atomic E-state index is 12.4. The predicted octanol–water partition coefficient (Wildman–Crippen LogP) is 3.19. The van der Waals surface area contributed by atoms with Gasteiger partial charge < -0.3 is 23.9 Å². The highest BCUT2D eigenvalue weighted by Gasteiger charge is 2.16. The summed E-state index contributed by atoms with van der Waals surface area (Å²) in [6, 6.07) is 8.72. The van der Waals surface area contributed by atoms with Gasteiger partial charge in [-0.1, -0.05) is 0 Å². The van der Waals surface area contributed by atoms with Crippen LogP contribution in [0.4, 0.5) is 0 Å². The molecule has 0 radical (unpaired) electrons. The molecule has 130 valence electrons. The summed E-state index contributed by atoms with van der Waals surface area (Å²) in [7, 11) is 1.57. The van der Waals surface area contributed by atoms with E-state index in [1.165, 1.54) is 0 Å². The number of hydrogen-bond donors (Lipinski definition) is 1. The summed E-state index contributed by atoms with van der Waals surface area (Å²) < 4.78 is 21.7. The summed E-state index contributed by atoms with van der Waals surface area (Å²) >= 11 is 0. The van der Waals surface area contributed by atoms with Gasteiger partial charge >= 0.3 is 0 Å². The lowest BCUT2D eigenvalue weighted by atomic mass is 10.1. The van der Waals surface area contributed by atoms with E-state index >= 15 is 0 Å². The van der Waals surface area contributed by atoms with Gasteiger partial charge in [0.15, 0.2) is 11.5 Å². The number of carbonyl (C=O) groups is 1. The van der Waals surface area contributed by atoms with Gasteiger partial charge in [-0.15, -0.1) is 0 Å². The van der Waals surface area contributed by atoms with Crippen molar-refractivity contribution in [3.8, 4) is 11.5 Å². The number of carbonyl (C=O) groups excluding carboxylic acids is 1. The summed E-state index contributed by atoms with van der Waals surface area (Å²) in [4.78, 5) is 12.4. The average molecular weight is 333 g/mol. The maximum Gasteiger partial charge on any atom is 0.251 e. The molecule has 1 atom stereocenters. The van der Waals surface area contributed by atoms with Crippen molar-refractivity contribution in [2.24, 2.45) is 0 Å². The lowest BCUT2D eigenvalue weighted by Gasteiger charge is -2.15. The minimum absolute atomic E-state index is 0.215. The van der Waals surface area contributed by atoms with E-state index in [9.17, 15) is 4.79 Å². The Kier molecular flexibility index (Phi) is 6.69. The first-order valence-corrected chi connectivity index (χ1v) is 7.93. The van der Waals surface area contributed by atoms with E-state index in [1.54, 1.807) is 37.6 Å². The van der Waals surface area contributed by atoms with Crippen LogP contribution in [0, 0.1) is 0 Å². The maximum atomic E-state index is 12.4. The molecule has 0 aliphatic rings. The van der Waals surface area contributed by atoms with Crippen LogP contribution >= 0.6 is 0 Å². The number of amides is 1. The molecule has 0 bridgehead atoms. The van der Waals surface area contributed by atoms with Gasteiger partial charge in [0, 0.05) is 12.7 Å². The second-order valence-corrected chi connectivity index (χ2v) is 4.98. The summed E-state index contributed by atoms with van der Waals surface area (Å²) in [5, 5.41) is 2.84. The lowest BCUT2D eigenvalue weighted by molar-refractivity contribution is 0.0738. The molecule has 0 saturated carbocycles. The van der Waals surface area contributed by atoms with E-state index in [2.05, 4.69) is 5.32 Å². The van der Waals surface area contributed by atoms with Crippen molar-refractivity contribution in [3.05, 3.63) is 47.9 Å². The average Bonchev–Trinajstić information content (AvgIpc) is 3.11. The summed E-state index contributed by atoms with van der Waals surface area (Å²) in [6.07, 6.45) is 1.24. The molecule has 24 heavy (non-hydrogen) atoms. The number of benzene rings is 1. The smallest absolute Gasteiger partial charge is 0.251 e. The molecule has 0 fully saturated rings. The van der Waals surface area contributed by atoms with Crippen molar-refractivity contribution < 1.29 is 23.4 Å². The molecule has 6 nitrogen and oxygen atoms in total. The first-order chi connectivity index (χ1) is 11.7. The molecule has 1 heterocycles. The third-order valence-electron chi connectivity index (χ3n) is 3.40. The van der Waals surface area contributed by atoms with Gasteiger partial charge in [0.2, 0.25) is 0 Å². The molecule has 1 unspecified atom stereocenters. The molecule has 1 aromatic heterocycles. The normalized spacial score (nSPS) is 11.8. The van der Waals surface area contributed by atoms with Gasteiger partial charge in [-0.05, 0) is 44.2 Å². The van der Waals surface area contributed by atoms with Crippen LogP contribution in [0.25, 0.3) is 0 Å². The zero-order valence-corrected chi connectivity index (χ0v) is 14.2. The van der Waals surface area contributed by atoms with E-state index in [-0.39, 0.29) is 12.0 Å². The molecule has 0 saturated heterocycles. The minimum Gasteiger partial charge on any atom is -0.490 e. The van der Waals surface area contributed by atoms with Crippen molar-refractivity contribution in [2.45, 2.75) is 20.0 Å². The van der Waals surface area contributed by atoms with Gasteiger partial charge in [0.05, 0.1) is 26.0 Å². The van der Waals surface area contributed by atoms with Crippen LogP contribution in [0.3, 0.4) is 0 Å². The SMILES string of the molecule is CCOc1ccc(C(=O)NCC(OC)c2ccco2)cc1OCC. The molecule has 0 aliphatic carbocycles. The van der Waals surface area contributed by atoms with Crippen LogP contribution in [0.5, 0.6) is 11.5 Å². The fraction of sp³-hybridized carbons (Fsp3) is 0.389. The lowest BCUT2D eigenvalue weighted by Crippen LogP contribution is -2.29. The quantitative estimate of drug-likeness (QED) is 0.763. The highest BCUT2D eigenvalue weighted by molar-refractivity contribution is 5.94. The van der Waals surface area contributed by atoms with Crippen LogP contribution in [0.2, 0.25) is 0 Å². The molecule has 2 rings (SSSR count). The highest BCUT2D eigenvalue weighted by atomic mass is 16.5. The second kappa shape index (κ2) is 8.98. The Bertz CT molecular complexity index is 639. The molecule has 0 spiro atoms. The van der Waals surface area contributed by atoms with Crippen LogP contribution < -0.4 is 14.8 Å². The van der Waals surface area contributed by atoms with Gasteiger partial charge in [-0.25, -0.2) is 0 Å². The predicted molar refractivity (Wildman–Crippen MR) is 89.6 cm³/mol. The third kappa shape index (κ3) is 4.52. The van der Waals surface area contributed by atoms with Crippen molar-refractivity contribution >= 4 is 5.91 Å². The van der Waals surface area contributed by atoms with E-state index in [1.807, 2.05) is 19.9 Å². The van der Waals surface area contributed by atoms with Crippen LogP contribution in [-0.2, 0) is 4.74 Å². The Morgan fingerprint density at radius 1 is 1.17 bits per heavy atom. The number of hydrogen-bond acceptors (Lipinski definition) is 5. The van der Waals surface area contributed by atoms with Gasteiger partial charge in [-0.2, -0.15) is 0 Å². The van der Waals surface area contributed by atoms with Crippen LogP contribution in [0.15, 0.2) is 41.0 Å². The fourth-order valence-electron chi connectivity index (χ4n) is 2.25. The molecular weight excluding hydrogens is 310 g/mol. The number of methoxy groups -OCH3 is 1. The third-order valence-corrected chi connectivity index (χ3v) is 3.40. The Hall–Kier alpha value is -2.47. The second-order valence-electron chi connectivity index (χ2n) is 4.98. The van der Waals surface area contributed by atoms with Gasteiger partial charge in [-0.3, -0.25) is 4.79 Å². The van der Waals surface area contributed by atoms with E-state index in [4.69, 9.17) is 18.6 Å². The molecule has 1 N–H and O–H groups in total. The summed E-state index contributed by atoms with van der Waals surface area (Å²) in [5.41, 5.74) is 0.496. The Morgan fingerprint density at radius 2 is 1.92 bits per heavy atom. The number of ether oxygens (including phenoxy) is 3. The Balaban J connectivity index is 2.04. The molecule has 2 aromatic rings. The number of nitrogens with one attached hydrogen (secondary N) is 1. The Morgan fingerprint density at radius 3 is 2.54 bits per heavy atom. The van der Waals surface area contributed by atoms with Gasteiger partial charge in [0.25, 0.3) is 5.91 Å². The Labute approximate surface area is 141 Å². The minimum atomic E-state index is -0.335. The standard InChI is InChI=1S/C18H23NO5/c1-4-22-15-9-8-13(11-16(15)23-5-2)18(20)19-12-17(21-3)14-7-6-10-24-14/h6-11,17H,4-5,12H2,1-3H3,(H,19,20). The highest BCUT2D eigenvalue weighted by Crippen LogP contribution is 2.28. The largest absolute Gasteiger partial charge is 0.490 e. The zero-order valence-electron chi connectivity index (χ0n) is 14.2. The topological polar surface area (TPSA) is 69.9 Å². The van der Waals surface area contributed by atoms with Crippen molar-refractivity contribution in [1.29, 1.82) is 0 Å². The zero-order chi connectivity index (χ0) is 17.4. The van der Waals surface area contributed by atoms with E-state index in [0.29, 0.717) is 42.6 Å². The van der Waals surface area contributed by atoms with E-state index < -0.39 is 0 Å². The van der Waals surface area contributed by atoms with Crippen molar-refractivity contribution in [1.82, 2.24) is 5.32 Å². The van der Waals surface area contributed by atoms with Crippen LogP contribution in [-0.4, -0.2) is 32.8 Å². The first kappa shape index (κ1) is 17.9. The molecule has 6 heteroatoms. The summed E-state index contributed by atoms with van der Waals surface area (Å²) in [5.74, 6) is 1.63. The number of rotatable bonds is 9.